The third-order valence-electron chi connectivity index (χ3n) is 3.14. The molecular weight excluding hydrogens is 279 g/mol. The van der Waals surface area contributed by atoms with Gasteiger partial charge in [-0.05, 0) is 42.3 Å². The highest BCUT2D eigenvalue weighted by Gasteiger charge is 2.31. The molecular formula is C16H16F3NO. The van der Waals surface area contributed by atoms with Gasteiger partial charge in [0.25, 0.3) is 0 Å². The number of ether oxygens (including phenoxy) is 1. The van der Waals surface area contributed by atoms with Gasteiger partial charge in [-0.2, -0.15) is 13.2 Å². The Kier molecular flexibility index (Phi) is 4.53. The predicted molar refractivity (Wildman–Crippen MR) is 75.2 cm³/mol. The Balaban J connectivity index is 2.31. The van der Waals surface area contributed by atoms with Crippen LogP contribution in [0.3, 0.4) is 0 Å². The lowest BCUT2D eigenvalue weighted by Crippen LogP contribution is -2.08. The monoisotopic (exact) mass is 295 g/mol. The number of hydrogen-bond donors (Lipinski definition) is 1. The van der Waals surface area contributed by atoms with Crippen LogP contribution in [0.1, 0.15) is 23.6 Å². The lowest BCUT2D eigenvalue weighted by molar-refractivity contribution is -0.137. The third kappa shape index (κ3) is 3.76. The van der Waals surface area contributed by atoms with Gasteiger partial charge in [-0.25, -0.2) is 0 Å². The fraction of sp³-hybridized carbons (Fsp3) is 0.250. The smallest absolute Gasteiger partial charge is 0.416 e. The summed E-state index contributed by atoms with van der Waals surface area (Å²) in [5, 5.41) is 0. The van der Waals surface area contributed by atoms with Crippen molar-refractivity contribution in [3.63, 3.8) is 0 Å². The topological polar surface area (TPSA) is 35.2 Å². The Morgan fingerprint density at radius 1 is 1.10 bits per heavy atom. The van der Waals surface area contributed by atoms with Crippen molar-refractivity contribution in [2.24, 2.45) is 5.73 Å². The van der Waals surface area contributed by atoms with Gasteiger partial charge in [0.1, 0.15) is 11.5 Å². The van der Waals surface area contributed by atoms with Crippen molar-refractivity contribution >= 4 is 0 Å². The van der Waals surface area contributed by atoms with Crippen LogP contribution >= 0.6 is 0 Å². The predicted octanol–water partition coefficient (Wildman–Crippen LogP) is 4.52. The first-order chi connectivity index (χ1) is 9.94. The molecule has 112 valence electrons. The molecule has 0 aromatic heterocycles. The van der Waals surface area contributed by atoms with E-state index < -0.39 is 11.7 Å². The summed E-state index contributed by atoms with van der Waals surface area (Å²) >= 11 is 0. The third-order valence-corrected chi connectivity index (χ3v) is 3.14. The number of benzene rings is 2. The SMILES string of the molecule is CCc1cccc(Oc2ccc(C(F)(F)F)cc2CN)c1. The van der Waals surface area contributed by atoms with Crippen LogP contribution in [0, 0.1) is 0 Å². The number of rotatable bonds is 4. The van der Waals surface area contributed by atoms with Crippen molar-refractivity contribution in [1.29, 1.82) is 0 Å². The van der Waals surface area contributed by atoms with Crippen LogP contribution in [0.15, 0.2) is 42.5 Å². The molecule has 0 fully saturated rings. The lowest BCUT2D eigenvalue weighted by atomic mass is 10.1. The van der Waals surface area contributed by atoms with Crippen molar-refractivity contribution in [2.45, 2.75) is 26.1 Å². The second-order valence-electron chi connectivity index (χ2n) is 4.63. The maximum atomic E-state index is 12.7. The number of halogens is 3. The summed E-state index contributed by atoms with van der Waals surface area (Å²) in [4.78, 5) is 0. The van der Waals surface area contributed by atoms with Crippen LogP contribution in [0.2, 0.25) is 0 Å². The molecule has 0 atom stereocenters. The maximum absolute atomic E-state index is 12.7. The van der Waals surface area contributed by atoms with Crippen LogP contribution in [-0.4, -0.2) is 0 Å². The molecule has 0 aliphatic rings. The lowest BCUT2D eigenvalue weighted by Gasteiger charge is -2.14. The zero-order chi connectivity index (χ0) is 15.5. The summed E-state index contributed by atoms with van der Waals surface area (Å²) in [5.74, 6) is 0.933. The van der Waals surface area contributed by atoms with E-state index in [0.29, 0.717) is 17.1 Å². The fourth-order valence-electron chi connectivity index (χ4n) is 1.97. The number of nitrogens with two attached hydrogens (primary N) is 1. The van der Waals surface area contributed by atoms with Gasteiger partial charge in [0.15, 0.2) is 0 Å². The minimum atomic E-state index is -4.38. The van der Waals surface area contributed by atoms with Crippen LogP contribution in [0.4, 0.5) is 13.2 Å². The Hall–Kier alpha value is -2.01. The normalized spacial score (nSPS) is 11.5. The van der Waals surface area contributed by atoms with Gasteiger partial charge in [0.2, 0.25) is 0 Å². The van der Waals surface area contributed by atoms with Crippen molar-refractivity contribution < 1.29 is 17.9 Å². The summed E-state index contributed by atoms with van der Waals surface area (Å²) in [6.45, 7) is 2.00. The highest BCUT2D eigenvalue weighted by Crippen LogP contribution is 2.34. The van der Waals surface area contributed by atoms with E-state index in [2.05, 4.69) is 0 Å². The van der Waals surface area contributed by atoms with Crippen molar-refractivity contribution in [1.82, 2.24) is 0 Å². The zero-order valence-corrected chi connectivity index (χ0v) is 11.6. The molecule has 2 rings (SSSR count). The second-order valence-corrected chi connectivity index (χ2v) is 4.63. The standard InChI is InChI=1S/C16H16F3NO/c1-2-11-4-3-5-14(8-11)21-15-7-6-13(16(17,18)19)9-12(15)10-20/h3-9H,2,10,20H2,1H3. The van der Waals surface area contributed by atoms with Crippen molar-refractivity contribution in [2.75, 3.05) is 0 Å². The number of aryl methyl sites for hydroxylation is 1. The van der Waals surface area contributed by atoms with E-state index in [9.17, 15) is 13.2 Å². The first-order valence-corrected chi connectivity index (χ1v) is 6.61. The van der Waals surface area contributed by atoms with Crippen LogP contribution in [0.25, 0.3) is 0 Å². The van der Waals surface area contributed by atoms with Gasteiger partial charge in [0.05, 0.1) is 5.56 Å². The molecule has 0 amide bonds. The molecule has 5 heteroatoms. The number of hydrogen-bond acceptors (Lipinski definition) is 2. The fourth-order valence-corrected chi connectivity index (χ4v) is 1.97. The first-order valence-electron chi connectivity index (χ1n) is 6.61. The first kappa shape index (κ1) is 15.4. The van der Waals surface area contributed by atoms with Crippen molar-refractivity contribution in [3.8, 4) is 11.5 Å². The molecule has 2 nitrogen and oxygen atoms in total. The molecule has 0 aliphatic heterocycles. The summed E-state index contributed by atoms with van der Waals surface area (Å²) in [7, 11) is 0. The molecule has 21 heavy (non-hydrogen) atoms. The van der Waals surface area contributed by atoms with E-state index in [-0.39, 0.29) is 6.54 Å². The molecule has 0 unspecified atom stereocenters. The van der Waals surface area contributed by atoms with E-state index in [1.807, 2.05) is 25.1 Å². The van der Waals surface area contributed by atoms with Crippen molar-refractivity contribution in [3.05, 3.63) is 59.2 Å². The van der Waals surface area contributed by atoms with Crippen LogP contribution in [-0.2, 0) is 19.1 Å². The molecule has 2 N–H and O–H groups in total. The van der Waals surface area contributed by atoms with Gasteiger partial charge < -0.3 is 10.5 Å². The van der Waals surface area contributed by atoms with Gasteiger partial charge in [-0.15, -0.1) is 0 Å². The number of alkyl halides is 3. The average molecular weight is 295 g/mol. The minimum Gasteiger partial charge on any atom is -0.457 e. The largest absolute Gasteiger partial charge is 0.457 e. The summed E-state index contributed by atoms with van der Waals surface area (Å²) in [6.07, 6.45) is -3.53. The molecule has 0 radical (unpaired) electrons. The summed E-state index contributed by atoms with van der Waals surface area (Å²) < 4.78 is 43.7. The minimum absolute atomic E-state index is 0.0211. The molecule has 2 aromatic rings. The molecule has 0 spiro atoms. The summed E-state index contributed by atoms with van der Waals surface area (Å²) in [6, 6.07) is 10.8. The Morgan fingerprint density at radius 3 is 2.48 bits per heavy atom. The highest BCUT2D eigenvalue weighted by molar-refractivity contribution is 5.42. The summed E-state index contributed by atoms with van der Waals surface area (Å²) in [5.41, 5.74) is 6.22. The van der Waals surface area contributed by atoms with Gasteiger partial charge >= 0.3 is 6.18 Å². The Bertz CT molecular complexity index is 623. The van der Waals surface area contributed by atoms with E-state index >= 15 is 0 Å². The Morgan fingerprint density at radius 2 is 1.86 bits per heavy atom. The van der Waals surface area contributed by atoms with Gasteiger partial charge in [-0.3, -0.25) is 0 Å². The molecule has 2 aromatic carbocycles. The van der Waals surface area contributed by atoms with E-state index in [0.717, 1.165) is 24.1 Å². The molecule has 0 bridgehead atoms. The zero-order valence-electron chi connectivity index (χ0n) is 11.6. The average Bonchev–Trinajstić information content (AvgIpc) is 2.46. The molecule has 0 heterocycles. The molecule has 0 saturated carbocycles. The van der Waals surface area contributed by atoms with E-state index in [1.54, 1.807) is 6.07 Å². The maximum Gasteiger partial charge on any atom is 0.416 e. The van der Waals surface area contributed by atoms with E-state index in [4.69, 9.17) is 10.5 Å². The van der Waals surface area contributed by atoms with Gasteiger partial charge in [-0.1, -0.05) is 19.1 Å². The van der Waals surface area contributed by atoms with Crippen LogP contribution < -0.4 is 10.5 Å². The van der Waals surface area contributed by atoms with Gasteiger partial charge in [0, 0.05) is 12.1 Å². The molecule has 0 saturated heterocycles. The second kappa shape index (κ2) is 6.18. The molecule has 0 aliphatic carbocycles. The quantitative estimate of drug-likeness (QED) is 0.900. The highest BCUT2D eigenvalue weighted by atomic mass is 19.4. The van der Waals surface area contributed by atoms with E-state index in [1.165, 1.54) is 6.07 Å². The van der Waals surface area contributed by atoms with Crippen LogP contribution in [0.5, 0.6) is 11.5 Å². The Labute approximate surface area is 121 Å².